The molecule has 2 rings (SSSR count). The Labute approximate surface area is 194 Å². The van der Waals surface area contributed by atoms with Crippen LogP contribution in [-0.2, 0) is 9.68 Å². The van der Waals surface area contributed by atoms with Gasteiger partial charge in [-0.3, -0.25) is 4.79 Å². The normalized spacial score (nSPS) is 8.04. The van der Waals surface area contributed by atoms with E-state index in [2.05, 4.69) is 39.5 Å². The van der Waals surface area contributed by atoms with Crippen LogP contribution in [0.2, 0.25) is 26.4 Å². The van der Waals surface area contributed by atoms with Crippen molar-refractivity contribution in [3.63, 3.8) is 0 Å². The van der Waals surface area contributed by atoms with Gasteiger partial charge in [0.2, 0.25) is 26.4 Å². The summed E-state index contributed by atoms with van der Waals surface area (Å²) in [6, 6.07) is 0.116. The van der Waals surface area contributed by atoms with Crippen molar-refractivity contribution in [2.75, 3.05) is 14.2 Å². The Hall–Kier alpha value is -0.340. The number of ether oxygens (including phenoxy) is 1. The first-order chi connectivity index (χ1) is 11.8. The van der Waals surface area contributed by atoms with E-state index in [0.29, 0.717) is 0 Å². The number of rotatable bonds is 2. The summed E-state index contributed by atoms with van der Waals surface area (Å²) in [6.07, 6.45) is 0. The first-order valence-corrected chi connectivity index (χ1v) is 7.22. The van der Waals surface area contributed by atoms with Gasteiger partial charge in [-0.05, 0) is 58.0 Å². The van der Waals surface area contributed by atoms with Gasteiger partial charge in [0, 0.05) is 7.11 Å². The summed E-state index contributed by atoms with van der Waals surface area (Å²) in [5.74, 6) is 0. The van der Waals surface area contributed by atoms with Crippen LogP contribution in [0.1, 0.15) is 0 Å². The van der Waals surface area contributed by atoms with Crippen LogP contribution in [0.15, 0.2) is 0 Å². The van der Waals surface area contributed by atoms with E-state index in [-0.39, 0.29) is 68.5 Å². The third-order valence-corrected chi connectivity index (χ3v) is 2.18. The minimum absolute atomic E-state index is 0. The topological polar surface area (TPSA) is 156 Å². The molecular weight excluding hydrogens is 472 g/mol. The number of aromatic nitrogens is 6. The summed E-state index contributed by atoms with van der Waals surface area (Å²) in [5, 5.41) is 15.5. The molecule has 0 saturated heterocycles. The average Bonchev–Trinajstić information content (AvgIpc) is 2.55. The third-order valence-electron chi connectivity index (χ3n) is 1.34. The van der Waals surface area contributed by atoms with Crippen molar-refractivity contribution in [2.24, 2.45) is 0 Å². The number of carbonyl (C=O) groups is 1. The van der Waals surface area contributed by atoms with Crippen molar-refractivity contribution in [1.29, 1.82) is 0 Å². The molecule has 0 fully saturated rings. The number of hydrogen-bond acceptors (Lipinski definition) is 11. The number of halogens is 5. The van der Waals surface area contributed by atoms with Crippen LogP contribution in [0.25, 0.3) is 0 Å². The summed E-state index contributed by atoms with van der Waals surface area (Å²) >= 11 is 26.8. The quantitative estimate of drug-likeness (QED) is 0.221. The Morgan fingerprint density at radius 2 is 1.04 bits per heavy atom. The second kappa shape index (κ2) is 19.4. The SMILES string of the molecule is CO.COc1nc(Cl)nc(Cl)n1.Clc1nc(Cl)nc(Cl)n1.O=CO[O-].[Na+]. The largest absolute Gasteiger partial charge is 1.00 e. The fraction of sp³-hybridized carbons (Fsp3) is 0.222. The maximum absolute atomic E-state index is 8.64. The molecule has 0 bridgehead atoms. The summed E-state index contributed by atoms with van der Waals surface area (Å²) in [6.45, 7) is -0.181. The van der Waals surface area contributed by atoms with E-state index in [1.807, 2.05) is 0 Å². The van der Waals surface area contributed by atoms with Crippen molar-refractivity contribution in [3.8, 4) is 6.01 Å². The Morgan fingerprint density at radius 3 is 1.23 bits per heavy atom. The molecule has 0 spiro atoms. The Morgan fingerprint density at radius 1 is 0.808 bits per heavy atom. The summed E-state index contributed by atoms with van der Waals surface area (Å²) in [7, 11) is 2.42. The van der Waals surface area contributed by atoms with Gasteiger partial charge in [-0.2, -0.15) is 29.9 Å². The van der Waals surface area contributed by atoms with Gasteiger partial charge in [0.15, 0.2) is 0 Å². The fourth-order valence-corrected chi connectivity index (χ4v) is 1.66. The van der Waals surface area contributed by atoms with Crippen LogP contribution in [0.5, 0.6) is 6.01 Å². The molecule has 2 aromatic heterocycles. The average molecular weight is 480 g/mol. The monoisotopic (exact) mass is 478 g/mol. The molecular formula is C9H8Cl5N6NaO5. The maximum atomic E-state index is 8.64. The third kappa shape index (κ3) is 17.1. The zero-order valence-electron chi connectivity index (χ0n) is 13.2. The molecule has 140 valence electrons. The molecule has 17 heteroatoms. The van der Waals surface area contributed by atoms with Crippen molar-refractivity contribution in [2.45, 2.75) is 0 Å². The van der Waals surface area contributed by atoms with E-state index in [0.717, 1.165) is 7.11 Å². The Bertz CT molecular complexity index is 575. The second-order valence-electron chi connectivity index (χ2n) is 2.70. The van der Waals surface area contributed by atoms with Crippen LogP contribution in [0.4, 0.5) is 0 Å². The van der Waals surface area contributed by atoms with E-state index in [1.54, 1.807) is 0 Å². The van der Waals surface area contributed by atoms with E-state index < -0.39 is 0 Å². The molecule has 0 aliphatic carbocycles. The van der Waals surface area contributed by atoms with E-state index in [4.69, 9.17) is 73.2 Å². The number of methoxy groups -OCH3 is 1. The summed E-state index contributed by atoms with van der Waals surface area (Å²) < 4.78 is 4.64. The van der Waals surface area contributed by atoms with E-state index in [1.165, 1.54) is 7.11 Å². The molecule has 0 aliphatic heterocycles. The van der Waals surface area contributed by atoms with Crippen molar-refractivity contribution < 1.29 is 54.3 Å². The van der Waals surface area contributed by atoms with Crippen molar-refractivity contribution in [1.82, 2.24) is 29.9 Å². The molecule has 0 unspecified atom stereocenters. The number of aliphatic hydroxyl groups excluding tert-OH is 1. The molecule has 2 aromatic rings. The predicted molar refractivity (Wildman–Crippen MR) is 86.5 cm³/mol. The molecule has 0 radical (unpaired) electrons. The zero-order chi connectivity index (χ0) is 19.8. The number of nitrogens with zero attached hydrogens (tertiary/aromatic N) is 6. The first kappa shape index (κ1) is 30.4. The minimum atomic E-state index is -0.181. The molecule has 0 saturated carbocycles. The number of hydrogen-bond donors (Lipinski definition) is 1. The summed E-state index contributed by atoms with van der Waals surface area (Å²) in [4.78, 5) is 32.3. The molecule has 11 nitrogen and oxygen atoms in total. The van der Waals surface area contributed by atoms with Crippen molar-refractivity contribution >= 4 is 64.5 Å². The van der Waals surface area contributed by atoms with E-state index >= 15 is 0 Å². The van der Waals surface area contributed by atoms with Crippen molar-refractivity contribution in [3.05, 3.63) is 26.4 Å². The van der Waals surface area contributed by atoms with E-state index in [9.17, 15) is 0 Å². The molecule has 0 atom stereocenters. The Kier molecular flexibility index (Phi) is 22.7. The van der Waals surface area contributed by atoms with Crippen LogP contribution in [0, 0.1) is 0 Å². The van der Waals surface area contributed by atoms with Crippen LogP contribution in [0.3, 0.4) is 0 Å². The van der Waals surface area contributed by atoms with Gasteiger partial charge in [0.25, 0.3) is 6.47 Å². The summed E-state index contributed by atoms with van der Waals surface area (Å²) in [5.41, 5.74) is 0. The first-order valence-electron chi connectivity index (χ1n) is 5.33. The van der Waals surface area contributed by atoms with Gasteiger partial charge in [-0.25, -0.2) is 0 Å². The van der Waals surface area contributed by atoms with Crippen LogP contribution in [-0.4, -0.2) is 55.7 Å². The van der Waals surface area contributed by atoms with Crippen LogP contribution >= 0.6 is 58.0 Å². The van der Waals surface area contributed by atoms with Gasteiger partial charge < -0.3 is 20.0 Å². The van der Waals surface area contributed by atoms with Gasteiger partial charge >= 0.3 is 35.6 Å². The Balaban J connectivity index is -0.000000306. The second-order valence-corrected chi connectivity index (χ2v) is 4.39. The fourth-order valence-electron chi connectivity index (χ4n) is 0.704. The van der Waals surface area contributed by atoms with Gasteiger partial charge in [0.1, 0.15) is 0 Å². The zero-order valence-corrected chi connectivity index (χ0v) is 19.0. The van der Waals surface area contributed by atoms with Crippen LogP contribution < -0.4 is 39.6 Å². The molecule has 2 heterocycles. The molecule has 26 heavy (non-hydrogen) atoms. The standard InChI is InChI=1S/C4H3Cl2N3O.C3Cl3N3.CH2O3.CH4O.Na/c1-10-4-8-2(5)7-3(6)9-4;4-1-7-2(5)9-3(6)8-1;2-1-4-3;1-2;/h1H3;;1,3H;2H,1H3;/q;;;;+1/p-1. The maximum Gasteiger partial charge on any atom is 1.00 e. The number of aliphatic hydroxyl groups is 1. The minimum Gasteiger partial charge on any atom is -0.662 e. The van der Waals surface area contributed by atoms with Gasteiger partial charge in [0.05, 0.1) is 7.11 Å². The van der Waals surface area contributed by atoms with Gasteiger partial charge in [-0.15, -0.1) is 0 Å². The molecule has 0 aromatic carbocycles. The smallest absolute Gasteiger partial charge is 0.662 e. The predicted octanol–water partition coefficient (Wildman–Crippen LogP) is -1.93. The van der Waals surface area contributed by atoms with Gasteiger partial charge in [-0.1, -0.05) is 0 Å². The molecule has 0 amide bonds. The molecule has 0 aliphatic rings. The number of carbonyl (C=O) groups excluding carboxylic acids is 1. The molecule has 1 N–H and O–H groups in total.